The number of methoxy groups -OCH3 is 2. The molecule has 0 saturated carbocycles. The predicted molar refractivity (Wildman–Crippen MR) is 112 cm³/mol. The highest BCUT2D eigenvalue weighted by Gasteiger charge is 2.21. The van der Waals surface area contributed by atoms with Crippen LogP contribution in [0.3, 0.4) is 0 Å². The standard InChI is InChI=1S/C18H20BrN3O5S/c1-26-16-6-4-5-15(10-16)22(28(3,24)25)12-18(23)21-20-11-13-9-14(19)7-8-17(13)27-2/h4-11H,12H2,1-3H3,(H,21,23)/b20-11-. The van der Waals surface area contributed by atoms with Crippen molar-refractivity contribution in [3.05, 3.63) is 52.5 Å². The van der Waals surface area contributed by atoms with Crippen molar-refractivity contribution in [3.8, 4) is 11.5 Å². The second-order valence-electron chi connectivity index (χ2n) is 5.65. The average Bonchev–Trinajstić information content (AvgIpc) is 2.65. The first-order valence-electron chi connectivity index (χ1n) is 8.02. The van der Waals surface area contributed by atoms with Crippen LogP contribution in [0.2, 0.25) is 0 Å². The van der Waals surface area contributed by atoms with Gasteiger partial charge in [0.2, 0.25) is 10.0 Å². The van der Waals surface area contributed by atoms with Gasteiger partial charge < -0.3 is 9.47 Å². The molecular weight excluding hydrogens is 450 g/mol. The van der Waals surface area contributed by atoms with Gasteiger partial charge in [-0.1, -0.05) is 22.0 Å². The maximum Gasteiger partial charge on any atom is 0.260 e. The summed E-state index contributed by atoms with van der Waals surface area (Å²) in [4.78, 5) is 12.2. The van der Waals surface area contributed by atoms with Crippen LogP contribution in [-0.4, -0.2) is 47.6 Å². The molecule has 2 aromatic rings. The summed E-state index contributed by atoms with van der Waals surface area (Å²) in [5, 5.41) is 3.88. The molecule has 0 saturated heterocycles. The first-order chi connectivity index (χ1) is 13.2. The van der Waals surface area contributed by atoms with E-state index in [0.29, 0.717) is 22.7 Å². The summed E-state index contributed by atoms with van der Waals surface area (Å²) in [5.41, 5.74) is 3.28. The Labute approximate surface area is 172 Å². The van der Waals surface area contributed by atoms with Gasteiger partial charge in [-0.05, 0) is 30.3 Å². The van der Waals surface area contributed by atoms with Crippen molar-refractivity contribution in [2.45, 2.75) is 0 Å². The molecule has 28 heavy (non-hydrogen) atoms. The Morgan fingerprint density at radius 1 is 1.21 bits per heavy atom. The molecule has 0 bridgehead atoms. The Morgan fingerprint density at radius 2 is 1.96 bits per heavy atom. The number of sulfonamides is 1. The van der Waals surface area contributed by atoms with Crippen LogP contribution in [0, 0.1) is 0 Å². The van der Waals surface area contributed by atoms with E-state index in [1.807, 2.05) is 6.07 Å². The van der Waals surface area contributed by atoms with Gasteiger partial charge in [-0.2, -0.15) is 5.10 Å². The van der Waals surface area contributed by atoms with Gasteiger partial charge in [0.15, 0.2) is 0 Å². The van der Waals surface area contributed by atoms with Gasteiger partial charge in [0.05, 0.1) is 32.4 Å². The summed E-state index contributed by atoms with van der Waals surface area (Å²) < 4.78 is 36.4. The average molecular weight is 470 g/mol. The lowest BCUT2D eigenvalue weighted by atomic mass is 10.2. The molecule has 0 aliphatic carbocycles. The summed E-state index contributed by atoms with van der Waals surface area (Å²) in [6.45, 7) is -0.432. The fourth-order valence-corrected chi connectivity index (χ4v) is 3.54. The molecule has 8 nitrogen and oxygen atoms in total. The first-order valence-corrected chi connectivity index (χ1v) is 10.7. The monoisotopic (exact) mass is 469 g/mol. The van der Waals surface area contributed by atoms with E-state index in [2.05, 4.69) is 26.5 Å². The van der Waals surface area contributed by atoms with Crippen molar-refractivity contribution in [3.63, 3.8) is 0 Å². The molecule has 1 amide bonds. The van der Waals surface area contributed by atoms with Crippen LogP contribution in [0.1, 0.15) is 5.56 Å². The second-order valence-corrected chi connectivity index (χ2v) is 8.47. The van der Waals surface area contributed by atoms with Crippen LogP contribution < -0.4 is 19.2 Å². The molecule has 0 unspecified atom stereocenters. The highest BCUT2D eigenvalue weighted by molar-refractivity contribution is 9.10. The largest absolute Gasteiger partial charge is 0.497 e. The van der Waals surface area contributed by atoms with E-state index in [1.165, 1.54) is 26.5 Å². The smallest absolute Gasteiger partial charge is 0.260 e. The van der Waals surface area contributed by atoms with E-state index >= 15 is 0 Å². The molecule has 0 radical (unpaired) electrons. The number of amides is 1. The van der Waals surface area contributed by atoms with E-state index in [0.717, 1.165) is 15.0 Å². The number of nitrogens with one attached hydrogen (secondary N) is 1. The summed E-state index contributed by atoms with van der Waals surface area (Å²) in [5.74, 6) is 0.458. The molecule has 2 rings (SSSR count). The highest BCUT2D eigenvalue weighted by Crippen LogP contribution is 2.23. The first kappa shape index (κ1) is 21.7. The Hall–Kier alpha value is -2.59. The summed E-state index contributed by atoms with van der Waals surface area (Å²) in [6, 6.07) is 11.8. The predicted octanol–water partition coefficient (Wildman–Crippen LogP) is 2.38. The maximum atomic E-state index is 12.2. The molecular formula is C18H20BrN3O5S. The molecule has 0 aliphatic rings. The van der Waals surface area contributed by atoms with Crippen molar-refractivity contribution in [1.29, 1.82) is 0 Å². The molecule has 0 aliphatic heterocycles. The molecule has 0 atom stereocenters. The highest BCUT2D eigenvalue weighted by atomic mass is 79.9. The number of carbonyl (C=O) groups excluding carboxylic acids is 1. The zero-order valence-corrected chi connectivity index (χ0v) is 18.0. The molecule has 2 aromatic carbocycles. The lowest BCUT2D eigenvalue weighted by molar-refractivity contribution is -0.119. The fraction of sp³-hybridized carbons (Fsp3) is 0.222. The lowest BCUT2D eigenvalue weighted by Crippen LogP contribution is -2.39. The summed E-state index contributed by atoms with van der Waals surface area (Å²) >= 11 is 3.35. The molecule has 0 spiro atoms. The van der Waals surface area contributed by atoms with Crippen molar-refractivity contribution >= 4 is 43.8 Å². The lowest BCUT2D eigenvalue weighted by Gasteiger charge is -2.21. The van der Waals surface area contributed by atoms with E-state index in [9.17, 15) is 13.2 Å². The quantitative estimate of drug-likeness (QED) is 0.472. The topological polar surface area (TPSA) is 97.3 Å². The number of benzene rings is 2. The van der Waals surface area contributed by atoms with Crippen LogP contribution >= 0.6 is 15.9 Å². The zero-order valence-electron chi connectivity index (χ0n) is 15.5. The van der Waals surface area contributed by atoms with Gasteiger partial charge in [0.25, 0.3) is 5.91 Å². The van der Waals surface area contributed by atoms with Crippen LogP contribution in [0.15, 0.2) is 52.0 Å². The molecule has 10 heteroatoms. The van der Waals surface area contributed by atoms with Crippen LogP contribution in [0.4, 0.5) is 5.69 Å². The normalized spacial score (nSPS) is 11.3. The molecule has 0 aromatic heterocycles. The third-order valence-corrected chi connectivity index (χ3v) is 5.25. The summed E-state index contributed by atoms with van der Waals surface area (Å²) in [6.07, 6.45) is 2.44. The van der Waals surface area contributed by atoms with Gasteiger partial charge in [-0.3, -0.25) is 9.10 Å². The van der Waals surface area contributed by atoms with Gasteiger partial charge in [0.1, 0.15) is 18.0 Å². The Bertz CT molecular complexity index is 979. The van der Waals surface area contributed by atoms with Crippen molar-refractivity contribution in [1.82, 2.24) is 5.43 Å². The number of hydrazone groups is 1. The number of ether oxygens (including phenoxy) is 2. The Morgan fingerprint density at radius 3 is 2.61 bits per heavy atom. The number of carbonyl (C=O) groups is 1. The zero-order chi connectivity index (χ0) is 20.7. The number of halogens is 1. The van der Waals surface area contributed by atoms with E-state index in [4.69, 9.17) is 9.47 Å². The molecule has 0 heterocycles. The van der Waals surface area contributed by atoms with Crippen LogP contribution in [-0.2, 0) is 14.8 Å². The molecule has 1 N–H and O–H groups in total. The third kappa shape index (κ3) is 5.96. The van der Waals surface area contributed by atoms with Gasteiger partial charge >= 0.3 is 0 Å². The SMILES string of the molecule is COc1cccc(N(CC(=O)N/N=C\c2cc(Br)ccc2OC)S(C)(=O)=O)c1. The van der Waals surface area contributed by atoms with Crippen molar-refractivity contribution < 1.29 is 22.7 Å². The third-order valence-electron chi connectivity index (χ3n) is 3.61. The number of rotatable bonds is 8. The Kier molecular flexibility index (Phi) is 7.41. The maximum absolute atomic E-state index is 12.2. The minimum Gasteiger partial charge on any atom is -0.497 e. The molecule has 0 fully saturated rings. The fourth-order valence-electron chi connectivity index (χ4n) is 2.31. The van der Waals surface area contributed by atoms with Crippen LogP contribution in [0.25, 0.3) is 0 Å². The number of anilines is 1. The van der Waals surface area contributed by atoms with E-state index < -0.39 is 22.5 Å². The molecule has 150 valence electrons. The van der Waals surface area contributed by atoms with E-state index in [-0.39, 0.29) is 0 Å². The summed E-state index contributed by atoms with van der Waals surface area (Å²) in [7, 11) is -0.694. The number of hydrogen-bond donors (Lipinski definition) is 1. The van der Waals surface area contributed by atoms with E-state index in [1.54, 1.807) is 30.3 Å². The van der Waals surface area contributed by atoms with Crippen molar-refractivity contribution in [2.75, 3.05) is 31.3 Å². The van der Waals surface area contributed by atoms with Gasteiger partial charge in [-0.25, -0.2) is 13.8 Å². The van der Waals surface area contributed by atoms with Gasteiger partial charge in [0, 0.05) is 16.1 Å². The Balaban J connectivity index is 2.13. The number of nitrogens with zero attached hydrogens (tertiary/aromatic N) is 2. The minimum atomic E-state index is -3.69. The second kappa shape index (κ2) is 9.56. The van der Waals surface area contributed by atoms with Crippen LogP contribution in [0.5, 0.6) is 11.5 Å². The number of hydrogen-bond acceptors (Lipinski definition) is 6. The van der Waals surface area contributed by atoms with Gasteiger partial charge in [-0.15, -0.1) is 0 Å². The van der Waals surface area contributed by atoms with Crippen molar-refractivity contribution in [2.24, 2.45) is 5.10 Å². The minimum absolute atomic E-state index is 0.314.